The summed E-state index contributed by atoms with van der Waals surface area (Å²) in [5, 5.41) is 9.28. The van der Waals surface area contributed by atoms with Gasteiger partial charge in [-0.3, -0.25) is 0 Å². The maximum absolute atomic E-state index is 9.28. The lowest BCUT2D eigenvalue weighted by atomic mass is 9.77. The van der Waals surface area contributed by atoms with E-state index in [0.29, 0.717) is 29.5 Å². The van der Waals surface area contributed by atoms with Crippen molar-refractivity contribution >= 4 is 0 Å². The van der Waals surface area contributed by atoms with Crippen LogP contribution in [0.3, 0.4) is 0 Å². The normalized spacial score (nSPS) is 18.0. The molecule has 0 aromatic heterocycles. The molecule has 1 heterocycles. The van der Waals surface area contributed by atoms with Gasteiger partial charge in [-0.2, -0.15) is 0 Å². The first-order valence-corrected chi connectivity index (χ1v) is 11.9. The van der Waals surface area contributed by atoms with Crippen molar-refractivity contribution in [2.24, 2.45) is 22.7 Å². The minimum Gasteiger partial charge on any atom is -0.391 e. The molecule has 4 heteroatoms. The minimum atomic E-state index is -0.289. The monoisotopic (exact) mass is 416 g/mol. The van der Waals surface area contributed by atoms with Gasteiger partial charge >= 0.3 is 0 Å². The summed E-state index contributed by atoms with van der Waals surface area (Å²) in [5.41, 5.74) is 0.839. The lowest BCUT2D eigenvalue weighted by molar-refractivity contribution is 0.0295. The lowest BCUT2D eigenvalue weighted by Gasteiger charge is -2.29. The summed E-state index contributed by atoms with van der Waals surface area (Å²) in [4.78, 5) is 0. The van der Waals surface area contributed by atoms with Gasteiger partial charge in [0, 0.05) is 13.2 Å². The third-order valence-corrected chi connectivity index (χ3v) is 6.83. The molecule has 2 unspecified atom stereocenters. The molecule has 1 aliphatic rings. The van der Waals surface area contributed by atoms with E-state index in [0.717, 1.165) is 51.6 Å². The predicted octanol–water partition coefficient (Wildman–Crippen LogP) is 6.10. The molecule has 0 spiro atoms. The third kappa shape index (κ3) is 15.3. The predicted molar refractivity (Wildman–Crippen MR) is 123 cm³/mol. The Morgan fingerprint density at radius 2 is 1.34 bits per heavy atom. The third-order valence-electron chi connectivity index (χ3n) is 6.83. The first kappa shape index (κ1) is 28.8. The number of ether oxygens (including phenoxy) is 3. The van der Waals surface area contributed by atoms with E-state index < -0.39 is 0 Å². The first-order valence-electron chi connectivity index (χ1n) is 11.9. The molecule has 0 aliphatic carbocycles. The van der Waals surface area contributed by atoms with Crippen LogP contribution in [0.5, 0.6) is 0 Å². The molecule has 4 nitrogen and oxygen atoms in total. The van der Waals surface area contributed by atoms with E-state index in [4.69, 9.17) is 14.2 Å². The van der Waals surface area contributed by atoms with Crippen molar-refractivity contribution in [1.82, 2.24) is 0 Å². The summed E-state index contributed by atoms with van der Waals surface area (Å²) in [6, 6.07) is 0. The SMILES string of the molecule is CC(C)C(C)(C)CCCOCC1CO1.CCC(O)COCCCC(C)(C)C(C)C. The fraction of sp³-hybridized carbons (Fsp3) is 1.00. The van der Waals surface area contributed by atoms with Gasteiger partial charge in [-0.25, -0.2) is 0 Å². The van der Waals surface area contributed by atoms with Gasteiger partial charge in [0.1, 0.15) is 6.10 Å². The van der Waals surface area contributed by atoms with Crippen LogP contribution >= 0.6 is 0 Å². The van der Waals surface area contributed by atoms with Gasteiger partial charge in [0.2, 0.25) is 0 Å². The van der Waals surface area contributed by atoms with Crippen molar-refractivity contribution in [3.8, 4) is 0 Å². The second-order valence-corrected chi connectivity index (χ2v) is 10.7. The topological polar surface area (TPSA) is 51.2 Å². The molecular weight excluding hydrogens is 364 g/mol. The molecule has 176 valence electrons. The average molecular weight is 417 g/mol. The standard InChI is InChI=1S/C13H28O2.C12H24O2/c1-6-12(14)10-15-9-7-8-13(4,5)11(2)3;1-10(2)12(3,4)6-5-7-13-8-11-9-14-11/h11-12,14H,6-10H2,1-5H3;10-11H,5-9H2,1-4H3. The van der Waals surface area contributed by atoms with Crippen molar-refractivity contribution in [3.05, 3.63) is 0 Å². The molecule has 0 amide bonds. The Morgan fingerprint density at radius 1 is 0.897 bits per heavy atom. The van der Waals surface area contributed by atoms with Gasteiger partial charge in [-0.05, 0) is 54.8 Å². The highest BCUT2D eigenvalue weighted by molar-refractivity contribution is 4.73. The maximum Gasteiger partial charge on any atom is 0.104 e. The Bertz CT molecular complexity index is 386. The van der Waals surface area contributed by atoms with Crippen LogP contribution in [0.25, 0.3) is 0 Å². The van der Waals surface area contributed by atoms with Gasteiger partial charge < -0.3 is 19.3 Å². The van der Waals surface area contributed by atoms with Crippen molar-refractivity contribution in [1.29, 1.82) is 0 Å². The molecule has 0 aromatic rings. The Labute approximate surface area is 182 Å². The van der Waals surface area contributed by atoms with E-state index in [1.54, 1.807) is 0 Å². The molecule has 1 rings (SSSR count). The van der Waals surface area contributed by atoms with Gasteiger partial charge in [0.05, 0.1) is 25.9 Å². The summed E-state index contributed by atoms with van der Waals surface area (Å²) >= 11 is 0. The zero-order chi connectivity index (χ0) is 22.5. The molecule has 1 saturated heterocycles. The number of hydrogen-bond acceptors (Lipinski definition) is 4. The van der Waals surface area contributed by atoms with E-state index in [2.05, 4.69) is 55.4 Å². The largest absolute Gasteiger partial charge is 0.391 e. The molecule has 1 N–H and O–H groups in total. The summed E-state index contributed by atoms with van der Waals surface area (Å²) < 4.78 is 16.0. The van der Waals surface area contributed by atoms with Crippen LogP contribution in [0.4, 0.5) is 0 Å². The Hall–Kier alpha value is -0.160. The van der Waals surface area contributed by atoms with Crippen LogP contribution < -0.4 is 0 Å². The second-order valence-electron chi connectivity index (χ2n) is 10.7. The van der Waals surface area contributed by atoms with Gasteiger partial charge in [-0.1, -0.05) is 62.3 Å². The zero-order valence-electron chi connectivity index (χ0n) is 21.1. The van der Waals surface area contributed by atoms with Crippen molar-refractivity contribution in [3.63, 3.8) is 0 Å². The van der Waals surface area contributed by atoms with Crippen LogP contribution in [0.15, 0.2) is 0 Å². The number of aliphatic hydroxyl groups is 1. The van der Waals surface area contributed by atoms with Crippen LogP contribution in [0.2, 0.25) is 0 Å². The molecule has 1 fully saturated rings. The summed E-state index contributed by atoms with van der Waals surface area (Å²) in [7, 11) is 0. The Morgan fingerprint density at radius 3 is 1.72 bits per heavy atom. The molecule has 0 bridgehead atoms. The first-order chi connectivity index (χ1) is 13.4. The van der Waals surface area contributed by atoms with E-state index >= 15 is 0 Å². The summed E-state index contributed by atoms with van der Waals surface area (Å²) in [6.07, 6.45) is 5.58. The number of rotatable bonds is 15. The quantitative estimate of drug-likeness (QED) is 0.259. The Kier molecular flexibility index (Phi) is 14.7. The molecular formula is C25H52O4. The van der Waals surface area contributed by atoms with Gasteiger partial charge in [0.25, 0.3) is 0 Å². The number of epoxide rings is 1. The molecule has 0 radical (unpaired) electrons. The van der Waals surface area contributed by atoms with Crippen LogP contribution in [-0.2, 0) is 14.2 Å². The fourth-order valence-electron chi connectivity index (χ4n) is 2.55. The lowest BCUT2D eigenvalue weighted by Crippen LogP contribution is -2.20. The van der Waals surface area contributed by atoms with Crippen LogP contribution in [0.1, 0.15) is 94.4 Å². The molecule has 29 heavy (non-hydrogen) atoms. The molecule has 2 atom stereocenters. The van der Waals surface area contributed by atoms with Crippen molar-refractivity contribution < 1.29 is 19.3 Å². The average Bonchev–Trinajstić information content (AvgIpc) is 3.45. The zero-order valence-corrected chi connectivity index (χ0v) is 21.1. The van der Waals surface area contributed by atoms with Crippen LogP contribution in [0, 0.1) is 22.7 Å². The summed E-state index contributed by atoms with van der Waals surface area (Å²) in [5.74, 6) is 1.45. The molecule has 1 aliphatic heterocycles. The van der Waals surface area contributed by atoms with Gasteiger partial charge in [-0.15, -0.1) is 0 Å². The maximum atomic E-state index is 9.28. The molecule has 0 aromatic carbocycles. The summed E-state index contributed by atoms with van der Waals surface area (Å²) in [6.45, 7) is 24.2. The molecule has 0 saturated carbocycles. The number of aliphatic hydroxyl groups excluding tert-OH is 1. The Balaban J connectivity index is 0.000000541. The van der Waals surface area contributed by atoms with E-state index in [9.17, 15) is 5.11 Å². The van der Waals surface area contributed by atoms with E-state index in [1.807, 2.05) is 6.92 Å². The fourth-order valence-corrected chi connectivity index (χ4v) is 2.55. The smallest absolute Gasteiger partial charge is 0.104 e. The minimum absolute atomic E-state index is 0.289. The van der Waals surface area contributed by atoms with E-state index in [1.165, 1.54) is 12.8 Å². The van der Waals surface area contributed by atoms with Gasteiger partial charge in [0.15, 0.2) is 0 Å². The second kappa shape index (κ2) is 14.8. The number of hydrogen-bond donors (Lipinski definition) is 1. The van der Waals surface area contributed by atoms with Crippen LogP contribution in [-0.4, -0.2) is 50.3 Å². The van der Waals surface area contributed by atoms with Crippen molar-refractivity contribution in [2.75, 3.05) is 33.0 Å². The highest BCUT2D eigenvalue weighted by Gasteiger charge is 2.24. The highest BCUT2D eigenvalue weighted by atomic mass is 16.6. The van der Waals surface area contributed by atoms with E-state index in [-0.39, 0.29) is 6.10 Å². The highest BCUT2D eigenvalue weighted by Crippen LogP contribution is 2.32. The van der Waals surface area contributed by atoms with Crippen molar-refractivity contribution in [2.45, 2.75) is 107 Å².